The predicted molar refractivity (Wildman–Crippen MR) is 67.6 cm³/mol. The summed E-state index contributed by atoms with van der Waals surface area (Å²) in [7, 11) is 0. The minimum atomic E-state index is -0.000972. The number of nitriles is 1. The van der Waals surface area contributed by atoms with Gasteiger partial charge in [-0.15, -0.1) is 0 Å². The van der Waals surface area contributed by atoms with Gasteiger partial charge in [0.25, 0.3) is 5.91 Å². The van der Waals surface area contributed by atoms with Crippen molar-refractivity contribution in [1.82, 2.24) is 4.90 Å². The van der Waals surface area contributed by atoms with Gasteiger partial charge < -0.3 is 4.90 Å². The molecule has 0 aromatic heterocycles. The molecule has 90 valence electrons. The van der Waals surface area contributed by atoms with E-state index in [4.69, 9.17) is 5.26 Å². The van der Waals surface area contributed by atoms with Gasteiger partial charge in [-0.1, -0.05) is 17.7 Å². The highest BCUT2D eigenvalue weighted by Crippen LogP contribution is 2.11. The summed E-state index contributed by atoms with van der Waals surface area (Å²) in [6.45, 7) is 6.38. The van der Waals surface area contributed by atoms with Crippen LogP contribution in [0.2, 0.25) is 0 Å². The van der Waals surface area contributed by atoms with E-state index in [1.807, 2.05) is 45.0 Å². The zero-order valence-electron chi connectivity index (χ0n) is 10.6. The third kappa shape index (κ3) is 3.60. The maximum atomic E-state index is 12.3. The molecule has 0 unspecified atom stereocenters. The van der Waals surface area contributed by atoms with Gasteiger partial charge in [0.1, 0.15) is 0 Å². The Morgan fingerprint density at radius 3 is 2.71 bits per heavy atom. The number of nitrogens with zero attached hydrogens (tertiary/aromatic N) is 2. The molecule has 0 saturated heterocycles. The molecule has 0 saturated carbocycles. The highest BCUT2D eigenvalue weighted by molar-refractivity contribution is 5.94. The van der Waals surface area contributed by atoms with Gasteiger partial charge in [-0.2, -0.15) is 5.26 Å². The van der Waals surface area contributed by atoms with Gasteiger partial charge in [0.15, 0.2) is 0 Å². The van der Waals surface area contributed by atoms with E-state index in [0.717, 1.165) is 5.56 Å². The molecule has 0 bridgehead atoms. The van der Waals surface area contributed by atoms with Gasteiger partial charge in [0, 0.05) is 18.2 Å². The van der Waals surface area contributed by atoms with Crippen LogP contribution in [0.5, 0.6) is 0 Å². The Bertz CT molecular complexity index is 432. The van der Waals surface area contributed by atoms with Crippen LogP contribution in [0.1, 0.15) is 36.2 Å². The van der Waals surface area contributed by atoms with Gasteiger partial charge in [0.2, 0.25) is 0 Å². The molecule has 3 heteroatoms. The van der Waals surface area contributed by atoms with Gasteiger partial charge in [-0.25, -0.2) is 0 Å². The topological polar surface area (TPSA) is 44.1 Å². The summed E-state index contributed by atoms with van der Waals surface area (Å²) in [4.78, 5) is 14.0. The number of carbonyl (C=O) groups excluding carboxylic acids is 1. The summed E-state index contributed by atoms with van der Waals surface area (Å²) in [6, 6.07) is 9.72. The molecule has 0 aliphatic heterocycles. The van der Waals surface area contributed by atoms with Gasteiger partial charge in [-0.3, -0.25) is 4.79 Å². The third-order valence-electron chi connectivity index (χ3n) is 2.61. The molecule has 1 amide bonds. The first-order valence-corrected chi connectivity index (χ1v) is 5.81. The number of hydrogen-bond donors (Lipinski definition) is 0. The molecule has 1 aromatic carbocycles. The maximum Gasteiger partial charge on any atom is 0.254 e. The molecule has 0 N–H and O–H groups in total. The lowest BCUT2D eigenvalue weighted by Gasteiger charge is -2.26. The fourth-order valence-corrected chi connectivity index (χ4v) is 1.71. The standard InChI is InChI=1S/C14H18N2O/c1-11(2)16(9-5-8-15)14(17)13-7-4-6-12(3)10-13/h4,6-7,10-11H,5,9H2,1-3H3. The van der Waals surface area contributed by atoms with Crippen molar-refractivity contribution in [3.05, 3.63) is 35.4 Å². The molecule has 0 fully saturated rings. The third-order valence-corrected chi connectivity index (χ3v) is 2.61. The largest absolute Gasteiger partial charge is 0.335 e. The Labute approximate surface area is 103 Å². The second-order valence-electron chi connectivity index (χ2n) is 4.37. The van der Waals surface area contributed by atoms with Crippen LogP contribution in [0, 0.1) is 18.3 Å². The van der Waals surface area contributed by atoms with E-state index in [1.54, 1.807) is 4.90 Å². The summed E-state index contributed by atoms with van der Waals surface area (Å²) >= 11 is 0. The van der Waals surface area contributed by atoms with E-state index in [0.29, 0.717) is 18.5 Å². The summed E-state index contributed by atoms with van der Waals surface area (Å²) < 4.78 is 0. The number of rotatable bonds is 4. The molecular weight excluding hydrogens is 212 g/mol. The van der Waals surface area contributed by atoms with Crippen molar-refractivity contribution in [2.24, 2.45) is 0 Å². The Hall–Kier alpha value is -1.82. The quantitative estimate of drug-likeness (QED) is 0.798. The van der Waals surface area contributed by atoms with Crippen LogP contribution in [-0.4, -0.2) is 23.4 Å². The number of hydrogen-bond acceptors (Lipinski definition) is 2. The van der Waals surface area contributed by atoms with Crippen LogP contribution in [0.4, 0.5) is 0 Å². The molecule has 3 nitrogen and oxygen atoms in total. The normalized spacial score (nSPS) is 10.1. The Morgan fingerprint density at radius 1 is 1.47 bits per heavy atom. The second-order valence-corrected chi connectivity index (χ2v) is 4.37. The number of carbonyl (C=O) groups is 1. The van der Waals surface area contributed by atoms with E-state index in [2.05, 4.69) is 6.07 Å². The van der Waals surface area contributed by atoms with Crippen molar-refractivity contribution in [1.29, 1.82) is 5.26 Å². The van der Waals surface area contributed by atoms with E-state index < -0.39 is 0 Å². The lowest BCUT2D eigenvalue weighted by molar-refractivity contribution is 0.0710. The van der Waals surface area contributed by atoms with Gasteiger partial charge in [-0.05, 0) is 32.9 Å². The highest BCUT2D eigenvalue weighted by atomic mass is 16.2. The molecule has 0 atom stereocenters. The summed E-state index contributed by atoms with van der Waals surface area (Å²) in [5, 5.41) is 8.61. The SMILES string of the molecule is Cc1cccc(C(=O)N(CCC#N)C(C)C)c1. The van der Waals surface area contributed by atoms with E-state index >= 15 is 0 Å². The fourth-order valence-electron chi connectivity index (χ4n) is 1.71. The van der Waals surface area contributed by atoms with Gasteiger partial charge in [0.05, 0.1) is 12.5 Å². The molecule has 0 heterocycles. The Balaban J connectivity index is 2.88. The highest BCUT2D eigenvalue weighted by Gasteiger charge is 2.18. The van der Waals surface area contributed by atoms with Gasteiger partial charge >= 0.3 is 0 Å². The molecule has 0 radical (unpaired) electrons. The lowest BCUT2D eigenvalue weighted by atomic mass is 10.1. The van der Waals surface area contributed by atoms with Crippen LogP contribution in [0.3, 0.4) is 0 Å². The zero-order chi connectivity index (χ0) is 12.8. The minimum absolute atomic E-state index is 0.000972. The van der Waals surface area contributed by atoms with Crippen LogP contribution in [0.25, 0.3) is 0 Å². The lowest BCUT2D eigenvalue weighted by Crippen LogP contribution is -2.37. The van der Waals surface area contributed by atoms with Crippen LogP contribution < -0.4 is 0 Å². The van der Waals surface area contributed by atoms with Crippen molar-refractivity contribution < 1.29 is 4.79 Å². The molecule has 0 spiro atoms. The number of amides is 1. The smallest absolute Gasteiger partial charge is 0.254 e. The van der Waals surface area contributed by atoms with Crippen LogP contribution in [0.15, 0.2) is 24.3 Å². The van der Waals surface area contributed by atoms with Crippen LogP contribution in [-0.2, 0) is 0 Å². The van der Waals surface area contributed by atoms with Crippen molar-refractivity contribution in [2.45, 2.75) is 33.2 Å². The average molecular weight is 230 g/mol. The first-order valence-electron chi connectivity index (χ1n) is 5.81. The molecule has 1 rings (SSSR count). The zero-order valence-corrected chi connectivity index (χ0v) is 10.6. The summed E-state index contributed by atoms with van der Waals surface area (Å²) in [5.41, 5.74) is 1.76. The first kappa shape index (κ1) is 13.2. The van der Waals surface area contributed by atoms with E-state index in [1.165, 1.54) is 0 Å². The van der Waals surface area contributed by atoms with Crippen molar-refractivity contribution in [2.75, 3.05) is 6.54 Å². The van der Waals surface area contributed by atoms with E-state index in [9.17, 15) is 4.79 Å². The minimum Gasteiger partial charge on any atom is -0.335 e. The molecule has 17 heavy (non-hydrogen) atoms. The van der Waals surface area contributed by atoms with E-state index in [-0.39, 0.29) is 11.9 Å². The summed E-state index contributed by atoms with van der Waals surface area (Å²) in [5.74, 6) is -0.000972. The summed E-state index contributed by atoms with van der Waals surface area (Å²) in [6.07, 6.45) is 0.371. The molecular formula is C14H18N2O. The Kier molecular flexibility index (Phi) is 4.71. The number of benzene rings is 1. The van der Waals surface area contributed by atoms with Crippen molar-refractivity contribution in [3.63, 3.8) is 0 Å². The average Bonchev–Trinajstić information content (AvgIpc) is 2.29. The van der Waals surface area contributed by atoms with Crippen molar-refractivity contribution in [3.8, 4) is 6.07 Å². The molecule has 0 aliphatic carbocycles. The molecule has 0 aliphatic rings. The maximum absolute atomic E-state index is 12.3. The second kappa shape index (κ2) is 6.05. The van der Waals surface area contributed by atoms with Crippen LogP contribution >= 0.6 is 0 Å². The van der Waals surface area contributed by atoms with Crippen molar-refractivity contribution >= 4 is 5.91 Å². The fraction of sp³-hybridized carbons (Fsp3) is 0.429. The Morgan fingerprint density at radius 2 is 2.18 bits per heavy atom. The monoisotopic (exact) mass is 230 g/mol. The predicted octanol–water partition coefficient (Wildman–Crippen LogP) is 2.76. The number of aryl methyl sites for hydroxylation is 1. The molecule has 1 aromatic rings. The first-order chi connectivity index (χ1) is 8.06.